The predicted molar refractivity (Wildman–Crippen MR) is 49.0 cm³/mol. The molecule has 0 rings (SSSR count). The maximum absolute atomic E-state index is 8.95. The van der Waals surface area contributed by atoms with Gasteiger partial charge < -0.3 is 5.11 Å². The van der Waals surface area contributed by atoms with E-state index in [4.69, 9.17) is 5.11 Å². The minimum Gasteiger partial charge on any atom is -0.396 e. The van der Waals surface area contributed by atoms with Gasteiger partial charge in [0, 0.05) is 12.0 Å². The highest BCUT2D eigenvalue weighted by atomic mass is 31.0. The van der Waals surface area contributed by atoms with Crippen LogP contribution in [0.2, 0.25) is 0 Å². The largest absolute Gasteiger partial charge is 0.396 e. The molecule has 0 heterocycles. The summed E-state index contributed by atoms with van der Waals surface area (Å²) in [4.78, 5) is 0. The molecule has 0 aromatic rings. The number of hydrogen-bond acceptors (Lipinski definition) is 1. The molecule has 0 aromatic heterocycles. The van der Waals surface area contributed by atoms with Gasteiger partial charge in [-0.25, -0.2) is 0 Å². The van der Waals surface area contributed by atoms with Gasteiger partial charge >= 0.3 is 0 Å². The third kappa shape index (κ3) is 2.50. The molecule has 0 aromatic carbocycles. The summed E-state index contributed by atoms with van der Waals surface area (Å²) < 4.78 is 0. The molecule has 3 heteroatoms. The lowest BCUT2D eigenvalue weighted by Crippen LogP contribution is -2.27. The first kappa shape index (κ1) is 9.82. The van der Waals surface area contributed by atoms with Gasteiger partial charge in [-0.2, -0.15) is 0 Å². The van der Waals surface area contributed by atoms with Crippen molar-refractivity contribution in [1.29, 1.82) is 0 Å². The Morgan fingerprint density at radius 2 is 1.78 bits per heavy atom. The van der Waals surface area contributed by atoms with E-state index in [-0.39, 0.29) is 5.41 Å². The summed E-state index contributed by atoms with van der Waals surface area (Å²) in [6.07, 6.45) is 3.03. The number of aliphatic hydroxyl groups excluding tert-OH is 1. The lowest BCUT2D eigenvalue weighted by Gasteiger charge is -2.26. The highest BCUT2D eigenvalue weighted by molar-refractivity contribution is 7.17. The van der Waals surface area contributed by atoms with Crippen LogP contribution < -0.4 is 0 Å². The van der Waals surface area contributed by atoms with Gasteiger partial charge in [-0.15, -0.1) is 18.5 Å². The van der Waals surface area contributed by atoms with Crippen molar-refractivity contribution >= 4 is 18.5 Å². The third-order valence-electron chi connectivity index (χ3n) is 1.95. The van der Waals surface area contributed by atoms with E-state index in [9.17, 15) is 0 Å². The molecule has 0 saturated carbocycles. The molecule has 2 unspecified atom stereocenters. The highest BCUT2D eigenvalue weighted by Crippen LogP contribution is 2.26. The van der Waals surface area contributed by atoms with Crippen molar-refractivity contribution in [2.24, 2.45) is 5.41 Å². The van der Waals surface area contributed by atoms with Crippen LogP contribution in [0.4, 0.5) is 0 Å². The van der Waals surface area contributed by atoms with Crippen molar-refractivity contribution in [1.82, 2.24) is 0 Å². The molecule has 0 fully saturated rings. The van der Waals surface area contributed by atoms with Crippen LogP contribution in [0.1, 0.15) is 13.3 Å². The summed E-state index contributed by atoms with van der Waals surface area (Å²) in [6.45, 7) is 2.42. The van der Waals surface area contributed by atoms with Crippen molar-refractivity contribution in [3.05, 3.63) is 0 Å². The van der Waals surface area contributed by atoms with Crippen LogP contribution in [0, 0.1) is 5.41 Å². The third-order valence-corrected chi connectivity index (χ3v) is 3.68. The molecule has 0 saturated heterocycles. The second kappa shape index (κ2) is 4.61. The van der Waals surface area contributed by atoms with Crippen LogP contribution in [-0.4, -0.2) is 24.0 Å². The van der Waals surface area contributed by atoms with E-state index in [0.29, 0.717) is 6.61 Å². The van der Waals surface area contributed by atoms with Gasteiger partial charge in [0.25, 0.3) is 0 Å². The van der Waals surface area contributed by atoms with Crippen molar-refractivity contribution in [2.45, 2.75) is 13.3 Å². The second-order valence-electron chi connectivity index (χ2n) is 2.42. The fourth-order valence-electron chi connectivity index (χ4n) is 0.613. The monoisotopic (exact) mass is 166 g/mol. The number of aliphatic hydroxyl groups is 1. The Morgan fingerprint density at radius 1 is 1.33 bits per heavy atom. The number of hydrogen-bond donors (Lipinski definition) is 1. The van der Waals surface area contributed by atoms with Gasteiger partial charge in [-0.05, 0) is 18.7 Å². The van der Waals surface area contributed by atoms with Gasteiger partial charge in [0.05, 0.1) is 0 Å². The molecule has 1 nitrogen and oxygen atoms in total. The SMILES string of the molecule is CCC(CO)(CP)CP. The Hall–Kier alpha value is 0.820. The second-order valence-corrected chi connectivity index (χ2v) is 3.24. The van der Waals surface area contributed by atoms with Crippen LogP contribution in [-0.2, 0) is 0 Å². The first-order valence-corrected chi connectivity index (χ1v) is 4.89. The molecule has 0 radical (unpaired) electrons. The van der Waals surface area contributed by atoms with Crippen LogP contribution in [0.25, 0.3) is 0 Å². The molecular weight excluding hydrogens is 150 g/mol. The summed E-state index contributed by atoms with van der Waals surface area (Å²) in [5, 5.41) is 8.95. The minimum absolute atomic E-state index is 0.148. The van der Waals surface area contributed by atoms with Crippen molar-refractivity contribution in [2.75, 3.05) is 18.9 Å². The first-order chi connectivity index (χ1) is 4.24. The Labute approximate surface area is 62.0 Å². The molecule has 0 amide bonds. The average Bonchev–Trinajstić information content (AvgIpc) is 1.95. The maximum Gasteiger partial charge on any atom is 0.0493 e. The van der Waals surface area contributed by atoms with E-state index in [1.165, 1.54) is 0 Å². The minimum atomic E-state index is 0.148. The van der Waals surface area contributed by atoms with Crippen LogP contribution in [0.3, 0.4) is 0 Å². The highest BCUT2D eigenvalue weighted by Gasteiger charge is 2.22. The van der Waals surface area contributed by atoms with Gasteiger partial charge in [-0.1, -0.05) is 6.92 Å². The summed E-state index contributed by atoms with van der Waals surface area (Å²) in [5.41, 5.74) is 0.148. The van der Waals surface area contributed by atoms with Crippen molar-refractivity contribution in [3.8, 4) is 0 Å². The normalized spacial score (nSPS) is 12.0. The van der Waals surface area contributed by atoms with E-state index >= 15 is 0 Å². The van der Waals surface area contributed by atoms with E-state index in [0.717, 1.165) is 18.7 Å². The maximum atomic E-state index is 8.95. The van der Waals surface area contributed by atoms with Gasteiger partial charge in [0.1, 0.15) is 0 Å². The number of rotatable bonds is 4. The average molecular weight is 166 g/mol. The molecule has 1 N–H and O–H groups in total. The lowest BCUT2D eigenvalue weighted by molar-refractivity contribution is 0.164. The molecule has 0 aliphatic rings. The summed E-state index contributed by atoms with van der Waals surface area (Å²) >= 11 is 0. The Kier molecular flexibility index (Phi) is 5.03. The first-order valence-electron chi connectivity index (χ1n) is 3.25. The molecule has 0 aliphatic heterocycles. The standard InChI is InChI=1S/C6H16OP2/c1-2-6(3-7,4-8)5-9/h7H,2-5,8-9H2,1H3. The summed E-state index contributed by atoms with van der Waals surface area (Å²) in [7, 11) is 5.37. The fourth-order valence-corrected chi connectivity index (χ4v) is 2.12. The topological polar surface area (TPSA) is 20.2 Å². The molecular formula is C6H16OP2. The molecule has 0 aliphatic carbocycles. The lowest BCUT2D eigenvalue weighted by atomic mass is 9.91. The predicted octanol–water partition coefficient (Wildman–Crippen LogP) is 1.13. The van der Waals surface area contributed by atoms with Crippen molar-refractivity contribution < 1.29 is 5.11 Å². The zero-order valence-corrected chi connectivity index (χ0v) is 8.24. The smallest absolute Gasteiger partial charge is 0.0493 e. The Balaban J connectivity index is 3.82. The van der Waals surface area contributed by atoms with Crippen LogP contribution in [0.15, 0.2) is 0 Å². The molecule has 9 heavy (non-hydrogen) atoms. The zero-order valence-electron chi connectivity index (χ0n) is 5.93. The van der Waals surface area contributed by atoms with Gasteiger partial charge in [0.15, 0.2) is 0 Å². The quantitative estimate of drug-likeness (QED) is 0.620. The Morgan fingerprint density at radius 3 is 1.78 bits per heavy atom. The molecule has 2 atom stereocenters. The van der Waals surface area contributed by atoms with E-state index in [1.54, 1.807) is 0 Å². The fraction of sp³-hybridized carbons (Fsp3) is 1.00. The van der Waals surface area contributed by atoms with E-state index in [2.05, 4.69) is 25.4 Å². The van der Waals surface area contributed by atoms with Crippen molar-refractivity contribution in [3.63, 3.8) is 0 Å². The van der Waals surface area contributed by atoms with Crippen LogP contribution >= 0.6 is 18.5 Å². The van der Waals surface area contributed by atoms with E-state index < -0.39 is 0 Å². The summed E-state index contributed by atoms with van der Waals surface area (Å²) in [6, 6.07) is 0. The van der Waals surface area contributed by atoms with Gasteiger partial charge in [0.2, 0.25) is 0 Å². The van der Waals surface area contributed by atoms with Crippen LogP contribution in [0.5, 0.6) is 0 Å². The molecule has 0 spiro atoms. The van der Waals surface area contributed by atoms with E-state index in [1.807, 2.05) is 0 Å². The summed E-state index contributed by atoms with van der Waals surface area (Å²) in [5.74, 6) is 0. The zero-order chi connectivity index (χ0) is 7.33. The molecule has 0 bridgehead atoms. The Bertz CT molecular complexity index is 53.9. The van der Waals surface area contributed by atoms with Gasteiger partial charge in [-0.3, -0.25) is 0 Å². The molecule has 56 valence electrons.